The standard InChI is InChI=1S/C17H27NOS/c1-3-11-18-17(16-10-7-13-20-16)14-8-5-6-9-15(14)19-12-4-2/h5-6,8-9,16-18H,3-4,7,10-13H2,1-2H3. The van der Waals surface area contributed by atoms with Crippen molar-refractivity contribution in [1.82, 2.24) is 5.32 Å². The SMILES string of the molecule is CCCNC(c1ccccc1OCCC)C1CCCS1. The molecule has 112 valence electrons. The molecule has 2 rings (SSSR count). The molecule has 2 unspecified atom stereocenters. The first kappa shape index (κ1) is 15.7. The largest absolute Gasteiger partial charge is 0.493 e. The van der Waals surface area contributed by atoms with Crippen molar-refractivity contribution < 1.29 is 4.74 Å². The van der Waals surface area contributed by atoms with Crippen LogP contribution in [0.3, 0.4) is 0 Å². The fraction of sp³-hybridized carbons (Fsp3) is 0.647. The van der Waals surface area contributed by atoms with E-state index >= 15 is 0 Å². The molecule has 0 amide bonds. The van der Waals surface area contributed by atoms with Crippen molar-refractivity contribution in [3.63, 3.8) is 0 Å². The van der Waals surface area contributed by atoms with Crippen molar-refractivity contribution in [2.45, 2.75) is 50.8 Å². The molecule has 1 aromatic carbocycles. The Labute approximate surface area is 127 Å². The van der Waals surface area contributed by atoms with Crippen LogP contribution < -0.4 is 10.1 Å². The van der Waals surface area contributed by atoms with E-state index in [1.807, 2.05) is 0 Å². The van der Waals surface area contributed by atoms with Crippen LogP contribution in [-0.2, 0) is 0 Å². The molecule has 0 saturated carbocycles. The van der Waals surface area contributed by atoms with Gasteiger partial charge in [-0.15, -0.1) is 0 Å². The van der Waals surface area contributed by atoms with Crippen molar-refractivity contribution in [3.05, 3.63) is 29.8 Å². The zero-order valence-corrected chi connectivity index (χ0v) is 13.5. The van der Waals surface area contributed by atoms with E-state index in [9.17, 15) is 0 Å². The molecule has 1 aromatic rings. The minimum absolute atomic E-state index is 0.426. The zero-order chi connectivity index (χ0) is 14.2. The third-order valence-corrected chi connectivity index (χ3v) is 5.13. The second-order valence-corrected chi connectivity index (χ2v) is 6.72. The second kappa shape index (κ2) is 8.58. The Morgan fingerprint density at radius 2 is 2.15 bits per heavy atom. The Kier molecular flexibility index (Phi) is 6.74. The molecule has 0 spiro atoms. The molecular weight excluding hydrogens is 266 g/mol. The highest BCUT2D eigenvalue weighted by molar-refractivity contribution is 8.00. The van der Waals surface area contributed by atoms with E-state index in [1.54, 1.807) is 0 Å². The van der Waals surface area contributed by atoms with Crippen LogP contribution in [-0.4, -0.2) is 24.2 Å². The van der Waals surface area contributed by atoms with Gasteiger partial charge >= 0.3 is 0 Å². The number of ether oxygens (including phenoxy) is 1. The van der Waals surface area contributed by atoms with Gasteiger partial charge in [0.25, 0.3) is 0 Å². The summed E-state index contributed by atoms with van der Waals surface area (Å²) in [6, 6.07) is 8.99. The Balaban J connectivity index is 2.17. The average Bonchev–Trinajstić information content (AvgIpc) is 3.01. The monoisotopic (exact) mass is 293 g/mol. The third-order valence-electron chi connectivity index (χ3n) is 3.67. The Morgan fingerprint density at radius 3 is 2.85 bits per heavy atom. The number of thioether (sulfide) groups is 1. The molecule has 1 N–H and O–H groups in total. The normalized spacial score (nSPS) is 20.0. The minimum Gasteiger partial charge on any atom is -0.493 e. The number of hydrogen-bond acceptors (Lipinski definition) is 3. The summed E-state index contributed by atoms with van der Waals surface area (Å²) in [7, 11) is 0. The van der Waals surface area contributed by atoms with Gasteiger partial charge in [0.05, 0.1) is 6.61 Å². The van der Waals surface area contributed by atoms with Gasteiger partial charge in [0.15, 0.2) is 0 Å². The molecule has 2 nitrogen and oxygen atoms in total. The van der Waals surface area contributed by atoms with Crippen LogP contribution in [0.2, 0.25) is 0 Å². The maximum atomic E-state index is 5.96. The molecule has 1 heterocycles. The van der Waals surface area contributed by atoms with Gasteiger partial charge in [0.1, 0.15) is 5.75 Å². The first-order chi connectivity index (χ1) is 9.86. The number of nitrogens with one attached hydrogen (secondary N) is 1. The summed E-state index contributed by atoms with van der Waals surface area (Å²) in [6.07, 6.45) is 4.89. The first-order valence-electron chi connectivity index (χ1n) is 7.93. The Morgan fingerprint density at radius 1 is 1.30 bits per heavy atom. The maximum Gasteiger partial charge on any atom is 0.124 e. The number of para-hydroxylation sites is 1. The van der Waals surface area contributed by atoms with Crippen LogP contribution in [0, 0.1) is 0 Å². The molecule has 2 atom stereocenters. The van der Waals surface area contributed by atoms with Gasteiger partial charge in [0, 0.05) is 16.9 Å². The van der Waals surface area contributed by atoms with Gasteiger partial charge in [-0.3, -0.25) is 0 Å². The average molecular weight is 293 g/mol. The van der Waals surface area contributed by atoms with E-state index in [1.165, 1.54) is 30.6 Å². The van der Waals surface area contributed by atoms with Crippen molar-refractivity contribution in [2.24, 2.45) is 0 Å². The summed E-state index contributed by atoms with van der Waals surface area (Å²) >= 11 is 2.11. The Hall–Kier alpha value is -0.670. The lowest BCUT2D eigenvalue weighted by atomic mass is 9.99. The van der Waals surface area contributed by atoms with Gasteiger partial charge in [-0.2, -0.15) is 11.8 Å². The predicted octanol–water partition coefficient (Wildman–Crippen LogP) is 4.41. The second-order valence-electron chi connectivity index (χ2n) is 5.37. The summed E-state index contributed by atoms with van der Waals surface area (Å²) in [4.78, 5) is 0. The molecule has 1 fully saturated rings. The lowest BCUT2D eigenvalue weighted by Crippen LogP contribution is -2.30. The molecule has 1 aliphatic rings. The fourth-order valence-corrected chi connectivity index (χ4v) is 4.09. The molecule has 0 bridgehead atoms. The van der Waals surface area contributed by atoms with Crippen molar-refractivity contribution >= 4 is 11.8 Å². The van der Waals surface area contributed by atoms with Crippen LogP contribution in [0.5, 0.6) is 5.75 Å². The number of benzene rings is 1. The van der Waals surface area contributed by atoms with Gasteiger partial charge < -0.3 is 10.1 Å². The first-order valence-corrected chi connectivity index (χ1v) is 8.98. The zero-order valence-electron chi connectivity index (χ0n) is 12.7. The van der Waals surface area contributed by atoms with Crippen LogP contribution in [0.15, 0.2) is 24.3 Å². The van der Waals surface area contributed by atoms with E-state index in [0.717, 1.165) is 25.3 Å². The quantitative estimate of drug-likeness (QED) is 0.767. The highest BCUT2D eigenvalue weighted by Crippen LogP contribution is 2.39. The van der Waals surface area contributed by atoms with Gasteiger partial charge in [-0.05, 0) is 44.0 Å². The van der Waals surface area contributed by atoms with Gasteiger partial charge in [0.2, 0.25) is 0 Å². The smallest absolute Gasteiger partial charge is 0.124 e. The lowest BCUT2D eigenvalue weighted by Gasteiger charge is -2.26. The third kappa shape index (κ3) is 4.16. The predicted molar refractivity (Wildman–Crippen MR) is 88.7 cm³/mol. The minimum atomic E-state index is 0.426. The van der Waals surface area contributed by atoms with Crippen LogP contribution in [0.1, 0.15) is 51.1 Å². The van der Waals surface area contributed by atoms with E-state index in [0.29, 0.717) is 11.3 Å². The Bertz CT molecular complexity index is 390. The molecule has 3 heteroatoms. The van der Waals surface area contributed by atoms with Gasteiger partial charge in [-0.1, -0.05) is 32.0 Å². The van der Waals surface area contributed by atoms with Gasteiger partial charge in [-0.25, -0.2) is 0 Å². The number of hydrogen-bond donors (Lipinski definition) is 1. The summed E-state index contributed by atoms with van der Waals surface area (Å²) in [5.74, 6) is 2.36. The van der Waals surface area contributed by atoms with E-state index in [-0.39, 0.29) is 0 Å². The molecule has 0 radical (unpaired) electrons. The summed E-state index contributed by atoms with van der Waals surface area (Å²) < 4.78 is 5.96. The molecule has 1 aliphatic heterocycles. The van der Waals surface area contributed by atoms with E-state index in [4.69, 9.17) is 4.74 Å². The van der Waals surface area contributed by atoms with Crippen molar-refractivity contribution in [1.29, 1.82) is 0 Å². The molecule has 0 aromatic heterocycles. The van der Waals surface area contributed by atoms with Crippen LogP contribution >= 0.6 is 11.8 Å². The van der Waals surface area contributed by atoms with E-state index in [2.05, 4.69) is 55.2 Å². The van der Waals surface area contributed by atoms with E-state index < -0.39 is 0 Å². The molecule has 1 saturated heterocycles. The van der Waals surface area contributed by atoms with Crippen LogP contribution in [0.4, 0.5) is 0 Å². The molecule has 20 heavy (non-hydrogen) atoms. The van der Waals surface area contributed by atoms with Crippen molar-refractivity contribution in [2.75, 3.05) is 18.9 Å². The number of rotatable bonds is 8. The highest BCUT2D eigenvalue weighted by Gasteiger charge is 2.28. The molecule has 0 aliphatic carbocycles. The topological polar surface area (TPSA) is 21.3 Å². The maximum absolute atomic E-state index is 5.96. The fourth-order valence-electron chi connectivity index (χ4n) is 2.69. The van der Waals surface area contributed by atoms with Crippen LogP contribution in [0.25, 0.3) is 0 Å². The van der Waals surface area contributed by atoms with Crippen molar-refractivity contribution in [3.8, 4) is 5.75 Å². The summed E-state index contributed by atoms with van der Waals surface area (Å²) in [5.41, 5.74) is 1.34. The lowest BCUT2D eigenvalue weighted by molar-refractivity contribution is 0.309. The molecular formula is C17H27NOS. The summed E-state index contributed by atoms with van der Waals surface area (Å²) in [6.45, 7) is 6.26. The highest BCUT2D eigenvalue weighted by atomic mass is 32.2. The summed E-state index contributed by atoms with van der Waals surface area (Å²) in [5, 5.41) is 4.43.